The summed E-state index contributed by atoms with van der Waals surface area (Å²) in [6.07, 6.45) is -4.22. The molecule has 0 atom stereocenters. The van der Waals surface area contributed by atoms with E-state index in [9.17, 15) is 27.2 Å². The Hall–Kier alpha value is -2.39. The van der Waals surface area contributed by atoms with Gasteiger partial charge in [0.25, 0.3) is 5.56 Å². The standard InChI is InChI=1S/C19H13ClF4N2O2S/c20-14-2-1-10(5-13(14)19(22,23)24)12-9-29-15-3-4-25(18(28)17(12)15)8-16(27)26-6-11(21)7-26/h1-5,9,11H,6-8H2. The minimum Gasteiger partial charge on any atom is -0.335 e. The van der Waals surface area contributed by atoms with Crippen LogP contribution in [0.25, 0.3) is 21.2 Å². The number of alkyl halides is 4. The summed E-state index contributed by atoms with van der Waals surface area (Å²) < 4.78 is 54.3. The third-order valence-electron chi connectivity index (χ3n) is 4.78. The molecule has 0 saturated carbocycles. The van der Waals surface area contributed by atoms with Crippen LogP contribution in [0.15, 0.2) is 40.6 Å². The van der Waals surface area contributed by atoms with Crippen molar-refractivity contribution in [2.75, 3.05) is 13.1 Å². The zero-order valence-corrected chi connectivity index (χ0v) is 16.2. The lowest BCUT2D eigenvalue weighted by Gasteiger charge is -2.34. The molecule has 1 saturated heterocycles. The van der Waals surface area contributed by atoms with Gasteiger partial charge in [0.1, 0.15) is 12.7 Å². The highest BCUT2D eigenvalue weighted by molar-refractivity contribution is 7.17. The smallest absolute Gasteiger partial charge is 0.335 e. The fourth-order valence-corrected chi connectivity index (χ4v) is 4.38. The third kappa shape index (κ3) is 3.64. The number of likely N-dealkylation sites (tertiary alicyclic amines) is 1. The first kappa shape index (κ1) is 19.9. The van der Waals surface area contributed by atoms with Crippen molar-refractivity contribution < 1.29 is 22.4 Å². The molecular weight excluding hydrogens is 432 g/mol. The summed E-state index contributed by atoms with van der Waals surface area (Å²) in [6, 6.07) is 5.11. The lowest BCUT2D eigenvalue weighted by molar-refractivity contribution is -0.139. The van der Waals surface area contributed by atoms with Crippen molar-refractivity contribution in [2.24, 2.45) is 0 Å². The summed E-state index contributed by atoms with van der Waals surface area (Å²) in [5.41, 5.74) is -0.933. The molecule has 152 valence electrons. The van der Waals surface area contributed by atoms with Crippen LogP contribution in [0.5, 0.6) is 0 Å². The Morgan fingerprint density at radius 1 is 1.24 bits per heavy atom. The summed E-state index contributed by atoms with van der Waals surface area (Å²) in [4.78, 5) is 26.4. The van der Waals surface area contributed by atoms with Crippen molar-refractivity contribution in [1.82, 2.24) is 9.47 Å². The van der Waals surface area contributed by atoms with Crippen molar-refractivity contribution in [3.63, 3.8) is 0 Å². The van der Waals surface area contributed by atoms with Crippen LogP contribution < -0.4 is 5.56 Å². The maximum atomic E-state index is 13.2. The van der Waals surface area contributed by atoms with Gasteiger partial charge in [-0.05, 0) is 23.8 Å². The summed E-state index contributed by atoms with van der Waals surface area (Å²) in [7, 11) is 0. The van der Waals surface area contributed by atoms with Crippen LogP contribution in [0, 0.1) is 0 Å². The number of pyridine rings is 1. The molecule has 0 radical (unpaired) electrons. The van der Waals surface area contributed by atoms with Crippen molar-refractivity contribution in [1.29, 1.82) is 0 Å². The fraction of sp³-hybridized carbons (Fsp3) is 0.263. The average Bonchev–Trinajstić information content (AvgIpc) is 3.05. The molecule has 0 N–H and O–H groups in total. The van der Waals surface area contributed by atoms with Crippen LogP contribution in [0.1, 0.15) is 5.56 Å². The quantitative estimate of drug-likeness (QED) is 0.555. The van der Waals surface area contributed by atoms with E-state index < -0.39 is 28.5 Å². The van der Waals surface area contributed by atoms with Gasteiger partial charge in [-0.2, -0.15) is 13.2 Å². The summed E-state index contributed by atoms with van der Waals surface area (Å²) in [5.74, 6) is -0.386. The molecule has 0 bridgehead atoms. The molecule has 1 aromatic carbocycles. The van der Waals surface area contributed by atoms with Crippen LogP contribution in [-0.2, 0) is 17.5 Å². The second kappa shape index (κ2) is 7.14. The molecule has 4 nitrogen and oxygen atoms in total. The average molecular weight is 445 g/mol. The van der Waals surface area contributed by atoms with Gasteiger partial charge in [-0.25, -0.2) is 4.39 Å². The van der Waals surface area contributed by atoms with E-state index in [1.54, 1.807) is 11.4 Å². The van der Waals surface area contributed by atoms with E-state index in [1.165, 1.54) is 33.1 Å². The number of halogens is 5. The van der Waals surface area contributed by atoms with Crippen LogP contribution in [0.2, 0.25) is 5.02 Å². The van der Waals surface area contributed by atoms with Crippen LogP contribution in [0.3, 0.4) is 0 Å². The molecule has 1 aliphatic rings. The Labute approximate surface area is 170 Å². The van der Waals surface area contributed by atoms with E-state index in [1.807, 2.05) is 0 Å². The maximum absolute atomic E-state index is 13.2. The van der Waals surface area contributed by atoms with Gasteiger partial charge < -0.3 is 9.47 Å². The Morgan fingerprint density at radius 3 is 2.62 bits per heavy atom. The van der Waals surface area contributed by atoms with Crippen LogP contribution >= 0.6 is 22.9 Å². The first-order valence-corrected chi connectivity index (χ1v) is 9.80. The van der Waals surface area contributed by atoms with Crippen LogP contribution in [-0.4, -0.2) is 34.6 Å². The zero-order chi connectivity index (χ0) is 20.9. The Balaban J connectivity index is 1.75. The van der Waals surface area contributed by atoms with E-state index in [0.29, 0.717) is 10.3 Å². The molecule has 10 heteroatoms. The highest BCUT2D eigenvalue weighted by atomic mass is 35.5. The van der Waals surface area contributed by atoms with Gasteiger partial charge in [0, 0.05) is 21.8 Å². The van der Waals surface area contributed by atoms with Gasteiger partial charge in [0.05, 0.1) is 29.1 Å². The lowest BCUT2D eigenvalue weighted by Crippen LogP contribution is -2.52. The normalized spacial score (nSPS) is 15.0. The van der Waals surface area contributed by atoms with Gasteiger partial charge in [-0.3, -0.25) is 9.59 Å². The molecule has 1 amide bonds. The number of fused-ring (bicyclic) bond motifs is 1. The first-order chi connectivity index (χ1) is 13.6. The number of hydrogen-bond acceptors (Lipinski definition) is 3. The first-order valence-electron chi connectivity index (χ1n) is 8.55. The van der Waals surface area contributed by atoms with Crippen LogP contribution in [0.4, 0.5) is 17.6 Å². The predicted octanol–water partition coefficient (Wildman–Crippen LogP) is 4.58. The second-order valence-electron chi connectivity index (χ2n) is 6.73. The molecule has 1 aliphatic heterocycles. The highest BCUT2D eigenvalue weighted by Gasteiger charge is 2.34. The highest BCUT2D eigenvalue weighted by Crippen LogP contribution is 2.39. The Morgan fingerprint density at radius 2 is 1.97 bits per heavy atom. The van der Waals surface area contributed by atoms with Gasteiger partial charge in [-0.1, -0.05) is 17.7 Å². The minimum absolute atomic E-state index is 0.00449. The molecule has 1 fully saturated rings. The molecule has 2 aromatic heterocycles. The summed E-state index contributed by atoms with van der Waals surface area (Å²) >= 11 is 6.90. The monoisotopic (exact) mass is 444 g/mol. The third-order valence-corrected chi connectivity index (χ3v) is 6.06. The lowest BCUT2D eigenvalue weighted by atomic mass is 10.0. The summed E-state index contributed by atoms with van der Waals surface area (Å²) in [5, 5.41) is 1.40. The molecule has 0 aliphatic carbocycles. The van der Waals surface area contributed by atoms with Crippen molar-refractivity contribution in [3.05, 3.63) is 56.8 Å². The number of benzene rings is 1. The number of rotatable bonds is 3. The second-order valence-corrected chi connectivity index (χ2v) is 8.04. The molecule has 0 spiro atoms. The molecule has 3 heterocycles. The molecule has 4 rings (SSSR count). The molecule has 3 aromatic rings. The van der Waals surface area contributed by atoms with E-state index in [-0.39, 0.29) is 36.5 Å². The largest absolute Gasteiger partial charge is 0.417 e. The minimum atomic E-state index is -4.63. The predicted molar refractivity (Wildman–Crippen MR) is 103 cm³/mol. The number of carbonyl (C=O) groups is 1. The van der Waals surface area contributed by atoms with Crippen molar-refractivity contribution >= 4 is 38.9 Å². The number of thiophene rings is 1. The zero-order valence-electron chi connectivity index (χ0n) is 14.7. The maximum Gasteiger partial charge on any atom is 0.417 e. The van der Waals surface area contributed by atoms with E-state index in [2.05, 4.69) is 0 Å². The number of hydrogen-bond donors (Lipinski definition) is 0. The van der Waals surface area contributed by atoms with Gasteiger partial charge >= 0.3 is 6.18 Å². The van der Waals surface area contributed by atoms with Crippen molar-refractivity contribution in [3.8, 4) is 11.1 Å². The molecule has 29 heavy (non-hydrogen) atoms. The topological polar surface area (TPSA) is 42.3 Å². The Kier molecular flexibility index (Phi) is 4.90. The fourth-order valence-electron chi connectivity index (χ4n) is 3.21. The SMILES string of the molecule is O=C(Cn1ccc2scc(-c3ccc(Cl)c(C(F)(F)F)c3)c2c1=O)N1CC(F)C1. The number of nitrogens with zero attached hydrogens (tertiary/aromatic N) is 2. The van der Waals surface area contributed by atoms with E-state index >= 15 is 0 Å². The van der Waals surface area contributed by atoms with Gasteiger partial charge in [0.15, 0.2) is 0 Å². The van der Waals surface area contributed by atoms with E-state index in [4.69, 9.17) is 11.6 Å². The van der Waals surface area contributed by atoms with E-state index in [0.717, 1.165) is 12.1 Å². The summed E-state index contributed by atoms with van der Waals surface area (Å²) in [6.45, 7) is -0.250. The molecule has 0 unspecified atom stereocenters. The molecular formula is C19H13ClF4N2O2S. The number of carbonyl (C=O) groups excluding carboxylic acids is 1. The van der Waals surface area contributed by atoms with Gasteiger partial charge in [-0.15, -0.1) is 11.3 Å². The Bertz CT molecular complexity index is 1170. The van der Waals surface area contributed by atoms with Gasteiger partial charge in [0.2, 0.25) is 5.91 Å². The number of aromatic nitrogens is 1. The van der Waals surface area contributed by atoms with Crippen molar-refractivity contribution in [2.45, 2.75) is 18.9 Å². The number of amides is 1.